The summed E-state index contributed by atoms with van der Waals surface area (Å²) >= 11 is 0. The van der Waals surface area contributed by atoms with Crippen LogP contribution in [0.2, 0.25) is 0 Å². The van der Waals surface area contributed by atoms with E-state index in [1.54, 1.807) is 24.4 Å². The minimum absolute atomic E-state index is 0.107. The Kier molecular flexibility index (Phi) is 6.50. The molecule has 0 bridgehead atoms. The van der Waals surface area contributed by atoms with Crippen molar-refractivity contribution < 1.29 is 27.1 Å². The Bertz CT molecular complexity index is 1270. The Morgan fingerprint density at radius 3 is 2.58 bits per heavy atom. The molecule has 2 aromatic carbocycles. The van der Waals surface area contributed by atoms with Crippen molar-refractivity contribution in [3.05, 3.63) is 78.4 Å². The van der Waals surface area contributed by atoms with E-state index in [0.29, 0.717) is 18.1 Å². The summed E-state index contributed by atoms with van der Waals surface area (Å²) in [6, 6.07) is 14.1. The van der Waals surface area contributed by atoms with E-state index in [2.05, 4.69) is 15.5 Å². The van der Waals surface area contributed by atoms with Crippen LogP contribution in [0.25, 0.3) is 0 Å². The van der Waals surface area contributed by atoms with E-state index in [1.165, 1.54) is 36.5 Å². The molecule has 1 amide bonds. The van der Waals surface area contributed by atoms with Crippen LogP contribution in [0, 0.1) is 5.82 Å². The van der Waals surface area contributed by atoms with Crippen molar-refractivity contribution in [1.29, 1.82) is 0 Å². The van der Waals surface area contributed by atoms with E-state index in [4.69, 9.17) is 9.47 Å². The van der Waals surface area contributed by atoms with Gasteiger partial charge in [0.25, 0.3) is 15.9 Å². The van der Waals surface area contributed by atoms with E-state index in [-0.39, 0.29) is 22.9 Å². The highest BCUT2D eigenvalue weighted by atomic mass is 32.2. The number of nitrogens with zero attached hydrogens (tertiary/aromatic N) is 3. The third-order valence-electron chi connectivity index (χ3n) is 4.58. The smallest absolute Gasteiger partial charge is 0.264 e. The molecule has 0 aliphatic carbocycles. The average Bonchev–Trinajstić information content (AvgIpc) is 2.83. The molecule has 33 heavy (non-hydrogen) atoms. The SMILES string of the molecule is O=C(CN(c1ccc(F)cc1)S(=O)(=O)c1ccc2c(c1)OCCO2)N/N=C\c1ccccn1. The molecule has 0 unspecified atom stereocenters. The Morgan fingerprint density at radius 2 is 1.85 bits per heavy atom. The van der Waals surface area contributed by atoms with E-state index in [0.717, 1.165) is 16.4 Å². The van der Waals surface area contributed by atoms with Crippen molar-refractivity contribution in [2.24, 2.45) is 5.10 Å². The number of hydrazone groups is 1. The molecule has 1 aliphatic rings. The van der Waals surface area contributed by atoms with Gasteiger partial charge in [0, 0.05) is 12.3 Å². The lowest BCUT2D eigenvalue weighted by atomic mass is 10.3. The number of halogens is 1. The molecule has 11 heteroatoms. The summed E-state index contributed by atoms with van der Waals surface area (Å²) in [6.07, 6.45) is 2.90. The standard InChI is InChI=1S/C22H19FN4O5S/c23-16-4-6-18(7-5-16)27(15-22(28)26-25-14-17-3-1-2-10-24-17)33(29,30)19-8-9-20-21(13-19)32-12-11-31-20/h1-10,13-14H,11-12,15H2,(H,26,28)/b25-14-. The molecule has 3 aromatic rings. The number of nitrogens with one attached hydrogen (secondary N) is 1. The molecule has 0 spiro atoms. The molecular formula is C22H19FN4O5S. The highest BCUT2D eigenvalue weighted by molar-refractivity contribution is 7.92. The molecule has 1 aromatic heterocycles. The first kappa shape index (κ1) is 22.2. The Morgan fingerprint density at radius 1 is 1.09 bits per heavy atom. The van der Waals surface area contributed by atoms with Gasteiger partial charge in [-0.25, -0.2) is 18.2 Å². The van der Waals surface area contributed by atoms with Crippen LogP contribution in [0.4, 0.5) is 10.1 Å². The Labute approximate surface area is 189 Å². The van der Waals surface area contributed by atoms with Crippen molar-refractivity contribution in [3.63, 3.8) is 0 Å². The number of ether oxygens (including phenoxy) is 2. The number of hydrogen-bond acceptors (Lipinski definition) is 7. The van der Waals surface area contributed by atoms with Crippen LogP contribution in [0.3, 0.4) is 0 Å². The molecule has 2 heterocycles. The molecule has 0 saturated carbocycles. The largest absolute Gasteiger partial charge is 0.486 e. The summed E-state index contributed by atoms with van der Waals surface area (Å²) in [5.41, 5.74) is 2.90. The van der Waals surface area contributed by atoms with Crippen molar-refractivity contribution in [1.82, 2.24) is 10.4 Å². The zero-order valence-electron chi connectivity index (χ0n) is 17.2. The normalized spacial score (nSPS) is 13.0. The molecule has 1 aliphatic heterocycles. The molecule has 1 N–H and O–H groups in total. The van der Waals surface area contributed by atoms with E-state index >= 15 is 0 Å². The van der Waals surface area contributed by atoms with Gasteiger partial charge >= 0.3 is 0 Å². The summed E-state index contributed by atoms with van der Waals surface area (Å²) in [7, 11) is -4.22. The number of rotatable bonds is 7. The first-order chi connectivity index (χ1) is 15.9. The van der Waals surface area contributed by atoms with Gasteiger partial charge in [-0.15, -0.1) is 0 Å². The van der Waals surface area contributed by atoms with Crippen molar-refractivity contribution in [2.75, 3.05) is 24.1 Å². The second-order valence-corrected chi connectivity index (χ2v) is 8.70. The van der Waals surface area contributed by atoms with Crippen LogP contribution in [0.15, 0.2) is 76.9 Å². The second-order valence-electron chi connectivity index (χ2n) is 6.84. The van der Waals surface area contributed by atoms with Crippen LogP contribution in [-0.4, -0.2) is 45.3 Å². The van der Waals surface area contributed by atoms with Gasteiger partial charge in [-0.3, -0.25) is 14.1 Å². The third kappa shape index (κ3) is 5.26. The molecule has 0 radical (unpaired) electrons. The number of anilines is 1. The molecule has 0 saturated heterocycles. The number of carbonyl (C=O) groups is 1. The predicted molar refractivity (Wildman–Crippen MR) is 118 cm³/mol. The maximum atomic E-state index is 13.4. The van der Waals surface area contributed by atoms with Gasteiger partial charge < -0.3 is 9.47 Å². The fourth-order valence-electron chi connectivity index (χ4n) is 3.02. The monoisotopic (exact) mass is 470 g/mol. The molecule has 4 rings (SSSR count). The Balaban J connectivity index is 1.60. The second kappa shape index (κ2) is 9.65. The minimum atomic E-state index is -4.22. The average molecular weight is 470 g/mol. The topological polar surface area (TPSA) is 110 Å². The zero-order chi connectivity index (χ0) is 23.3. The van der Waals surface area contributed by atoms with Crippen molar-refractivity contribution >= 4 is 27.8 Å². The predicted octanol–water partition coefficient (Wildman–Crippen LogP) is 2.34. The molecular weight excluding hydrogens is 451 g/mol. The van der Waals surface area contributed by atoms with Crippen LogP contribution >= 0.6 is 0 Å². The number of fused-ring (bicyclic) bond motifs is 1. The first-order valence-electron chi connectivity index (χ1n) is 9.84. The summed E-state index contributed by atoms with van der Waals surface area (Å²) < 4.78 is 52.1. The van der Waals surface area contributed by atoms with Crippen LogP contribution < -0.4 is 19.2 Å². The first-order valence-corrected chi connectivity index (χ1v) is 11.3. The number of pyridine rings is 1. The van der Waals surface area contributed by atoms with Gasteiger partial charge in [-0.1, -0.05) is 6.07 Å². The quantitative estimate of drug-likeness (QED) is 0.419. The third-order valence-corrected chi connectivity index (χ3v) is 6.35. The lowest BCUT2D eigenvalue weighted by Gasteiger charge is -2.25. The van der Waals surface area contributed by atoms with Crippen LogP contribution in [-0.2, 0) is 14.8 Å². The van der Waals surface area contributed by atoms with E-state index < -0.39 is 28.3 Å². The number of hydrogen-bond donors (Lipinski definition) is 1. The van der Waals surface area contributed by atoms with Gasteiger partial charge in [0.1, 0.15) is 25.6 Å². The fourth-order valence-corrected chi connectivity index (χ4v) is 4.46. The highest BCUT2D eigenvalue weighted by Crippen LogP contribution is 2.34. The number of benzene rings is 2. The van der Waals surface area contributed by atoms with E-state index in [1.807, 2.05) is 0 Å². The number of sulfonamides is 1. The summed E-state index contributed by atoms with van der Waals surface area (Å²) in [5.74, 6) is -0.534. The van der Waals surface area contributed by atoms with Gasteiger partial charge in [-0.05, 0) is 48.5 Å². The summed E-state index contributed by atoms with van der Waals surface area (Å²) in [4.78, 5) is 16.5. The molecule has 9 nitrogen and oxygen atoms in total. The lowest BCUT2D eigenvalue weighted by Crippen LogP contribution is -2.39. The highest BCUT2D eigenvalue weighted by Gasteiger charge is 2.29. The minimum Gasteiger partial charge on any atom is -0.486 e. The summed E-state index contributed by atoms with van der Waals surface area (Å²) in [5, 5.41) is 3.81. The number of aromatic nitrogens is 1. The Hall–Kier alpha value is -3.99. The molecule has 0 atom stereocenters. The van der Waals surface area contributed by atoms with Crippen LogP contribution in [0.1, 0.15) is 5.69 Å². The fraction of sp³-hybridized carbons (Fsp3) is 0.136. The van der Waals surface area contributed by atoms with E-state index in [9.17, 15) is 17.6 Å². The van der Waals surface area contributed by atoms with Gasteiger partial charge in [-0.2, -0.15) is 5.10 Å². The van der Waals surface area contributed by atoms with Crippen molar-refractivity contribution in [2.45, 2.75) is 4.90 Å². The number of carbonyl (C=O) groups excluding carboxylic acids is 1. The molecule has 170 valence electrons. The van der Waals surface area contributed by atoms with Gasteiger partial charge in [0.15, 0.2) is 11.5 Å². The van der Waals surface area contributed by atoms with Crippen molar-refractivity contribution in [3.8, 4) is 11.5 Å². The van der Waals surface area contributed by atoms with Gasteiger partial charge in [0.2, 0.25) is 0 Å². The lowest BCUT2D eigenvalue weighted by molar-refractivity contribution is -0.119. The zero-order valence-corrected chi connectivity index (χ0v) is 18.0. The molecule has 0 fully saturated rings. The van der Waals surface area contributed by atoms with Gasteiger partial charge in [0.05, 0.1) is 22.5 Å². The number of amides is 1. The summed E-state index contributed by atoms with van der Waals surface area (Å²) in [6.45, 7) is 0.0524. The maximum Gasteiger partial charge on any atom is 0.264 e. The maximum absolute atomic E-state index is 13.4. The van der Waals surface area contributed by atoms with Crippen LogP contribution in [0.5, 0.6) is 11.5 Å².